The van der Waals surface area contributed by atoms with Crippen LogP contribution < -0.4 is 10.1 Å². The van der Waals surface area contributed by atoms with Crippen molar-refractivity contribution in [2.45, 2.75) is 32.8 Å². The molecule has 0 saturated heterocycles. The molecule has 8 nitrogen and oxygen atoms in total. The highest BCUT2D eigenvalue weighted by Crippen LogP contribution is 2.46. The van der Waals surface area contributed by atoms with E-state index in [1.165, 1.54) is 0 Å². The number of nitrogens with zero attached hydrogens (tertiary/aromatic N) is 3. The lowest BCUT2D eigenvalue weighted by Crippen LogP contribution is -2.24. The molecule has 3 aromatic rings. The fourth-order valence-electron chi connectivity index (χ4n) is 3.44. The molecule has 0 bridgehead atoms. The fraction of sp³-hybridized carbons (Fsp3) is 0.263. The molecule has 8 heteroatoms. The Morgan fingerprint density at radius 3 is 2.85 bits per heavy atom. The van der Waals surface area contributed by atoms with Crippen molar-refractivity contribution in [2.75, 3.05) is 5.32 Å². The Morgan fingerprint density at radius 2 is 2.11 bits per heavy atom. The molecule has 0 saturated carbocycles. The van der Waals surface area contributed by atoms with Crippen LogP contribution in [0.3, 0.4) is 0 Å². The van der Waals surface area contributed by atoms with Crippen LogP contribution in [0, 0.1) is 0 Å². The Hall–Kier alpha value is -3.42. The summed E-state index contributed by atoms with van der Waals surface area (Å²) >= 11 is 0. The number of anilines is 1. The number of hydrogen-bond acceptors (Lipinski definition) is 7. The third kappa shape index (κ3) is 2.79. The summed E-state index contributed by atoms with van der Waals surface area (Å²) in [6, 6.07) is 7.20. The van der Waals surface area contributed by atoms with E-state index in [1.54, 1.807) is 31.3 Å². The highest BCUT2D eigenvalue weighted by atomic mass is 16.6. The maximum absolute atomic E-state index is 12.1. The van der Waals surface area contributed by atoms with E-state index >= 15 is 0 Å². The molecule has 1 aliphatic heterocycles. The number of nitrogens with one attached hydrogen (secondary N) is 1. The van der Waals surface area contributed by atoms with Crippen LogP contribution in [0.5, 0.6) is 5.88 Å². The van der Waals surface area contributed by atoms with Gasteiger partial charge in [-0.2, -0.15) is 0 Å². The summed E-state index contributed by atoms with van der Waals surface area (Å²) in [4.78, 5) is 16.5. The van der Waals surface area contributed by atoms with Crippen molar-refractivity contribution in [1.29, 1.82) is 0 Å². The number of benzene rings is 1. The molecule has 138 valence electrons. The Bertz CT molecular complexity index is 1070. The monoisotopic (exact) mass is 366 g/mol. The van der Waals surface area contributed by atoms with E-state index in [0.29, 0.717) is 33.7 Å². The predicted octanol–water partition coefficient (Wildman–Crippen LogP) is 3.32. The molecular weight excluding hydrogens is 348 g/mol. The molecule has 2 N–H and O–H groups in total. The maximum Gasteiger partial charge on any atom is 0.334 e. The minimum absolute atomic E-state index is 0.116. The molecule has 0 spiro atoms. The summed E-state index contributed by atoms with van der Waals surface area (Å²) in [6.07, 6.45) is 1.52. The van der Waals surface area contributed by atoms with Gasteiger partial charge in [-0.25, -0.2) is 14.4 Å². The van der Waals surface area contributed by atoms with Gasteiger partial charge in [0.05, 0.1) is 23.2 Å². The molecule has 2 aromatic heterocycles. The van der Waals surface area contributed by atoms with E-state index in [1.807, 2.05) is 19.9 Å². The predicted molar refractivity (Wildman–Crippen MR) is 97.6 cm³/mol. The smallest absolute Gasteiger partial charge is 0.334 e. The van der Waals surface area contributed by atoms with Crippen molar-refractivity contribution < 1.29 is 19.3 Å². The number of carboxylic acids is 1. The second kappa shape index (κ2) is 6.39. The second-order valence-corrected chi connectivity index (χ2v) is 6.62. The molecule has 1 atom stereocenters. The lowest BCUT2D eigenvalue weighted by atomic mass is 9.80. The fourth-order valence-corrected chi connectivity index (χ4v) is 3.44. The zero-order chi connectivity index (χ0) is 19.1. The second-order valence-electron chi connectivity index (χ2n) is 6.62. The van der Waals surface area contributed by atoms with Crippen LogP contribution in [0.25, 0.3) is 11.0 Å². The van der Waals surface area contributed by atoms with Gasteiger partial charge in [-0.15, -0.1) is 0 Å². The number of ether oxygens (including phenoxy) is 1. The van der Waals surface area contributed by atoms with Crippen LogP contribution in [0.2, 0.25) is 0 Å². The summed E-state index contributed by atoms with van der Waals surface area (Å²) in [5, 5.41) is 21.0. The standard InChI is InChI=1S/C19H18N4O4/c1-9(2)26-18-16-12(7-8-20-18)21-10(3)14(19(24)25)15(16)11-5-4-6-13-17(11)23-27-22-13/h4-9,15,21H,1-3H3,(H,24,25). The highest BCUT2D eigenvalue weighted by molar-refractivity contribution is 5.95. The Labute approximate surface area is 154 Å². The SMILES string of the molecule is CC1=C(C(=O)O)C(c2cccc3nonc23)c2c(ccnc2OC(C)C)N1. The third-order valence-corrected chi connectivity index (χ3v) is 4.46. The van der Waals surface area contributed by atoms with Crippen LogP contribution in [-0.4, -0.2) is 32.5 Å². The molecule has 0 amide bonds. The number of allylic oxidation sites excluding steroid dienone is 1. The Balaban J connectivity index is 2.03. The largest absolute Gasteiger partial charge is 0.478 e. The molecule has 0 aliphatic carbocycles. The summed E-state index contributed by atoms with van der Waals surface area (Å²) in [7, 11) is 0. The summed E-state index contributed by atoms with van der Waals surface area (Å²) in [6.45, 7) is 5.53. The minimum Gasteiger partial charge on any atom is -0.478 e. The third-order valence-electron chi connectivity index (χ3n) is 4.46. The molecule has 0 fully saturated rings. The first-order valence-electron chi connectivity index (χ1n) is 8.55. The topological polar surface area (TPSA) is 110 Å². The van der Waals surface area contributed by atoms with Crippen LogP contribution in [0.1, 0.15) is 37.8 Å². The van der Waals surface area contributed by atoms with Crippen LogP contribution in [0.15, 0.2) is 46.4 Å². The van der Waals surface area contributed by atoms with Gasteiger partial charge < -0.3 is 15.2 Å². The van der Waals surface area contributed by atoms with Gasteiger partial charge >= 0.3 is 5.97 Å². The van der Waals surface area contributed by atoms with Crippen molar-refractivity contribution in [3.8, 4) is 5.88 Å². The molecule has 1 unspecified atom stereocenters. The lowest BCUT2D eigenvalue weighted by Gasteiger charge is -2.30. The van der Waals surface area contributed by atoms with Gasteiger partial charge in [0.1, 0.15) is 11.0 Å². The van der Waals surface area contributed by atoms with Gasteiger partial charge in [-0.05, 0) is 48.8 Å². The molecular formula is C19H18N4O4. The van der Waals surface area contributed by atoms with Gasteiger partial charge in [0.15, 0.2) is 0 Å². The Morgan fingerprint density at radius 1 is 1.30 bits per heavy atom. The summed E-state index contributed by atoms with van der Waals surface area (Å²) < 4.78 is 10.8. The molecule has 3 heterocycles. The molecule has 27 heavy (non-hydrogen) atoms. The average Bonchev–Trinajstić information content (AvgIpc) is 3.08. The van der Waals surface area contributed by atoms with Crippen molar-refractivity contribution in [1.82, 2.24) is 15.3 Å². The van der Waals surface area contributed by atoms with Gasteiger partial charge in [0.25, 0.3) is 0 Å². The van der Waals surface area contributed by atoms with Crippen LogP contribution in [0.4, 0.5) is 5.69 Å². The first-order valence-corrected chi connectivity index (χ1v) is 8.55. The van der Waals surface area contributed by atoms with Crippen molar-refractivity contribution in [3.05, 3.63) is 52.9 Å². The summed E-state index contributed by atoms with van der Waals surface area (Å²) in [5.74, 6) is -1.26. The number of carboxylic acid groups (broad SMARTS) is 1. The number of rotatable bonds is 4. The van der Waals surface area contributed by atoms with E-state index in [4.69, 9.17) is 9.37 Å². The number of aliphatic carboxylic acids is 1. The number of carbonyl (C=O) groups is 1. The van der Waals surface area contributed by atoms with Gasteiger partial charge in [-0.3, -0.25) is 0 Å². The summed E-state index contributed by atoms with van der Waals surface area (Å²) in [5.41, 5.74) is 3.92. The van der Waals surface area contributed by atoms with Crippen molar-refractivity contribution >= 4 is 22.7 Å². The zero-order valence-corrected chi connectivity index (χ0v) is 15.1. The average molecular weight is 366 g/mol. The number of aromatic nitrogens is 3. The number of hydrogen-bond donors (Lipinski definition) is 2. The van der Waals surface area contributed by atoms with Crippen LogP contribution >= 0.6 is 0 Å². The van der Waals surface area contributed by atoms with E-state index in [9.17, 15) is 9.90 Å². The molecule has 1 aromatic carbocycles. The molecule has 0 radical (unpaired) electrons. The normalized spacial score (nSPS) is 16.4. The molecule has 4 rings (SSSR count). The molecule has 1 aliphatic rings. The highest BCUT2D eigenvalue weighted by Gasteiger charge is 2.37. The van der Waals surface area contributed by atoms with Gasteiger partial charge in [-0.1, -0.05) is 12.1 Å². The maximum atomic E-state index is 12.1. The van der Waals surface area contributed by atoms with Gasteiger partial charge in [0.2, 0.25) is 5.88 Å². The minimum atomic E-state index is -1.02. The number of fused-ring (bicyclic) bond motifs is 2. The van der Waals surface area contributed by atoms with Gasteiger partial charge in [0, 0.05) is 17.6 Å². The first-order chi connectivity index (χ1) is 13.0. The van der Waals surface area contributed by atoms with E-state index in [2.05, 4.69) is 20.6 Å². The van der Waals surface area contributed by atoms with Crippen molar-refractivity contribution in [3.63, 3.8) is 0 Å². The van der Waals surface area contributed by atoms with Crippen LogP contribution in [-0.2, 0) is 4.79 Å². The van der Waals surface area contributed by atoms with E-state index in [-0.39, 0.29) is 11.7 Å². The first kappa shape index (κ1) is 17.0. The lowest BCUT2D eigenvalue weighted by molar-refractivity contribution is -0.132. The zero-order valence-electron chi connectivity index (χ0n) is 15.1. The van der Waals surface area contributed by atoms with Crippen molar-refractivity contribution in [2.24, 2.45) is 0 Å². The van der Waals surface area contributed by atoms with E-state index in [0.717, 1.165) is 5.69 Å². The Kier molecular flexibility index (Phi) is 4.02. The quantitative estimate of drug-likeness (QED) is 0.723. The number of pyridine rings is 1. The van der Waals surface area contributed by atoms with E-state index < -0.39 is 11.9 Å².